The number of hydrogen-bond acceptors (Lipinski definition) is 12. The predicted molar refractivity (Wildman–Crippen MR) is 83.6 cm³/mol. The summed E-state index contributed by atoms with van der Waals surface area (Å²) in [7, 11) is 3.53. The molecule has 2 aromatic heterocycles. The van der Waals surface area contributed by atoms with Crippen molar-refractivity contribution in [2.24, 2.45) is 0 Å². The van der Waals surface area contributed by atoms with Crippen LogP contribution in [0.1, 0.15) is 6.92 Å². The number of nitrogens with zero attached hydrogens (tertiary/aromatic N) is 8. The van der Waals surface area contributed by atoms with Crippen LogP contribution < -0.4 is 32.7 Å². The first-order valence-electron chi connectivity index (χ1n) is 6.27. The van der Waals surface area contributed by atoms with Crippen LogP contribution in [0.15, 0.2) is 0 Å². The molecule has 2 rings (SSSR count). The van der Waals surface area contributed by atoms with Crippen molar-refractivity contribution in [3.8, 4) is 0 Å². The van der Waals surface area contributed by atoms with Gasteiger partial charge in [0.25, 0.3) is 0 Å². The van der Waals surface area contributed by atoms with Gasteiger partial charge in [0.15, 0.2) is 0 Å². The lowest BCUT2D eigenvalue weighted by atomic mass is 10.4. The Morgan fingerprint density at radius 3 is 1.18 bits per heavy atom. The van der Waals surface area contributed by atoms with Gasteiger partial charge < -0.3 is 32.7 Å². The molecular formula is C10H18N12. The Balaban J connectivity index is 2.27. The minimum absolute atomic E-state index is 0.0397. The quantitative estimate of drug-likeness (QED) is 0.469. The van der Waals surface area contributed by atoms with Crippen LogP contribution in [0.2, 0.25) is 0 Å². The van der Waals surface area contributed by atoms with Gasteiger partial charge in [-0.1, -0.05) is 0 Å². The molecule has 0 atom stereocenters. The van der Waals surface area contributed by atoms with E-state index >= 15 is 0 Å². The van der Waals surface area contributed by atoms with Crippen LogP contribution in [-0.2, 0) is 0 Å². The topological polar surface area (TPSA) is 188 Å². The second kappa shape index (κ2) is 5.67. The van der Waals surface area contributed by atoms with Crippen molar-refractivity contribution in [3.05, 3.63) is 0 Å². The Labute approximate surface area is 126 Å². The molecule has 8 N–H and O–H groups in total. The maximum absolute atomic E-state index is 5.58. The Morgan fingerprint density at radius 1 is 0.636 bits per heavy atom. The van der Waals surface area contributed by atoms with Gasteiger partial charge >= 0.3 is 0 Å². The molecule has 0 unspecified atom stereocenters. The summed E-state index contributed by atoms with van der Waals surface area (Å²) in [6.07, 6.45) is -0.248. The summed E-state index contributed by atoms with van der Waals surface area (Å²) in [5.74, 6) is 0.796. The lowest BCUT2D eigenvalue weighted by Crippen LogP contribution is -2.44. The maximum atomic E-state index is 5.58. The Kier molecular flexibility index (Phi) is 3.92. The zero-order chi connectivity index (χ0) is 16.4. The van der Waals surface area contributed by atoms with Crippen molar-refractivity contribution in [1.29, 1.82) is 0 Å². The highest BCUT2D eigenvalue weighted by Gasteiger charge is 2.21. The van der Waals surface area contributed by atoms with E-state index in [0.717, 1.165) is 0 Å². The Morgan fingerprint density at radius 2 is 0.909 bits per heavy atom. The first-order valence-corrected chi connectivity index (χ1v) is 6.27. The molecule has 0 aliphatic heterocycles. The van der Waals surface area contributed by atoms with Crippen molar-refractivity contribution in [1.82, 2.24) is 29.9 Å². The fourth-order valence-corrected chi connectivity index (χ4v) is 1.70. The molecule has 0 bridgehead atoms. The molecule has 0 radical (unpaired) electrons. The van der Waals surface area contributed by atoms with Gasteiger partial charge in [0.2, 0.25) is 35.7 Å². The molecule has 0 spiro atoms. The fraction of sp³-hybridized carbons (Fsp3) is 0.400. The second-order valence-corrected chi connectivity index (χ2v) is 4.56. The van der Waals surface area contributed by atoms with E-state index in [4.69, 9.17) is 22.9 Å². The first-order chi connectivity index (χ1) is 10.3. The summed E-state index contributed by atoms with van der Waals surface area (Å²) < 4.78 is 0. The lowest BCUT2D eigenvalue weighted by molar-refractivity contribution is 0.639. The number of nitrogen functional groups attached to an aromatic ring is 4. The maximum Gasteiger partial charge on any atom is 0.233 e. The van der Waals surface area contributed by atoms with Crippen molar-refractivity contribution in [3.63, 3.8) is 0 Å². The predicted octanol–water partition coefficient (Wildman–Crippen LogP) is -1.70. The molecule has 0 aliphatic carbocycles. The molecule has 0 saturated heterocycles. The smallest absolute Gasteiger partial charge is 0.233 e. The van der Waals surface area contributed by atoms with Crippen LogP contribution >= 0.6 is 0 Å². The number of hydrogen-bond donors (Lipinski definition) is 4. The molecule has 12 nitrogen and oxygen atoms in total. The zero-order valence-electron chi connectivity index (χ0n) is 12.5. The van der Waals surface area contributed by atoms with Crippen LogP contribution in [0.3, 0.4) is 0 Å². The Bertz CT molecular complexity index is 575. The van der Waals surface area contributed by atoms with Gasteiger partial charge in [-0.15, -0.1) is 0 Å². The number of aromatic nitrogens is 6. The highest BCUT2D eigenvalue weighted by Crippen LogP contribution is 2.17. The highest BCUT2D eigenvalue weighted by molar-refractivity contribution is 5.45. The third-order valence-corrected chi connectivity index (χ3v) is 3.07. The van der Waals surface area contributed by atoms with E-state index in [1.807, 2.05) is 6.92 Å². The van der Waals surface area contributed by atoms with Gasteiger partial charge in [0.05, 0.1) is 0 Å². The lowest BCUT2D eigenvalue weighted by Gasteiger charge is -2.32. The SMILES string of the molecule is CC(N(C)c1nc(N)nc(N)n1)N(C)c1nc(N)nc(N)n1. The molecule has 12 heteroatoms. The van der Waals surface area contributed by atoms with Gasteiger partial charge in [0.1, 0.15) is 6.17 Å². The Hall–Kier alpha value is -3.18. The van der Waals surface area contributed by atoms with E-state index in [-0.39, 0.29) is 30.0 Å². The van der Waals surface area contributed by atoms with Crippen LogP contribution in [0.5, 0.6) is 0 Å². The number of rotatable bonds is 4. The average Bonchev–Trinajstić information content (AvgIpc) is 2.42. The summed E-state index contributed by atoms with van der Waals surface area (Å²) in [4.78, 5) is 27.1. The third kappa shape index (κ3) is 3.11. The molecule has 22 heavy (non-hydrogen) atoms. The summed E-state index contributed by atoms with van der Waals surface area (Å²) in [5, 5.41) is 0. The van der Waals surface area contributed by atoms with Crippen LogP contribution in [0, 0.1) is 0 Å². The molecule has 118 valence electrons. The van der Waals surface area contributed by atoms with E-state index in [2.05, 4.69) is 29.9 Å². The van der Waals surface area contributed by atoms with Crippen molar-refractivity contribution in [2.75, 3.05) is 46.8 Å². The van der Waals surface area contributed by atoms with Gasteiger partial charge in [-0.2, -0.15) is 29.9 Å². The minimum atomic E-state index is -0.248. The standard InChI is InChI=1S/C10H18N12/c1-4(21(2)9-17-5(11)15-6(12)18-9)22(3)10-19-7(13)16-8(14)20-10/h4H,1-3H3,(H4,11,12,15,17,18)(H4,13,14,16,19,20). The normalized spacial score (nSPS) is 10.7. The van der Waals surface area contributed by atoms with Gasteiger partial charge in [-0.25, -0.2) is 0 Å². The largest absolute Gasteiger partial charge is 0.368 e. The molecule has 0 fully saturated rings. The fourth-order valence-electron chi connectivity index (χ4n) is 1.70. The average molecular weight is 306 g/mol. The van der Waals surface area contributed by atoms with E-state index in [1.54, 1.807) is 23.9 Å². The summed E-state index contributed by atoms with van der Waals surface area (Å²) in [5.41, 5.74) is 22.3. The molecule has 2 aromatic rings. The van der Waals surface area contributed by atoms with E-state index < -0.39 is 0 Å². The van der Waals surface area contributed by atoms with Crippen molar-refractivity contribution < 1.29 is 0 Å². The number of nitrogens with two attached hydrogens (primary N) is 4. The van der Waals surface area contributed by atoms with Crippen molar-refractivity contribution in [2.45, 2.75) is 13.1 Å². The molecule has 0 amide bonds. The molecule has 0 saturated carbocycles. The summed E-state index contributed by atoms with van der Waals surface area (Å²) >= 11 is 0. The van der Waals surface area contributed by atoms with Gasteiger partial charge in [-0.3, -0.25) is 0 Å². The van der Waals surface area contributed by atoms with E-state index in [1.165, 1.54) is 0 Å². The minimum Gasteiger partial charge on any atom is -0.368 e. The van der Waals surface area contributed by atoms with Gasteiger partial charge in [0, 0.05) is 14.1 Å². The van der Waals surface area contributed by atoms with E-state index in [0.29, 0.717) is 11.9 Å². The molecule has 0 aliphatic rings. The highest BCUT2D eigenvalue weighted by atomic mass is 15.4. The van der Waals surface area contributed by atoms with E-state index in [9.17, 15) is 0 Å². The second-order valence-electron chi connectivity index (χ2n) is 4.56. The number of anilines is 6. The van der Waals surface area contributed by atoms with Gasteiger partial charge in [-0.05, 0) is 6.92 Å². The zero-order valence-corrected chi connectivity index (χ0v) is 12.5. The molecule has 0 aromatic carbocycles. The first kappa shape index (κ1) is 15.2. The molecular weight excluding hydrogens is 288 g/mol. The van der Waals surface area contributed by atoms with Crippen LogP contribution in [0.25, 0.3) is 0 Å². The third-order valence-electron chi connectivity index (χ3n) is 3.07. The monoisotopic (exact) mass is 306 g/mol. The summed E-state index contributed by atoms with van der Waals surface area (Å²) in [6.45, 7) is 1.88. The summed E-state index contributed by atoms with van der Waals surface area (Å²) in [6, 6.07) is 0. The van der Waals surface area contributed by atoms with Crippen LogP contribution in [-0.4, -0.2) is 50.2 Å². The van der Waals surface area contributed by atoms with Crippen molar-refractivity contribution >= 4 is 35.7 Å². The van der Waals surface area contributed by atoms with Crippen LogP contribution in [0.4, 0.5) is 35.7 Å². The molecule has 2 heterocycles.